The Labute approximate surface area is 159 Å². The number of nitrogens with zero attached hydrogens (tertiary/aromatic N) is 1. The van der Waals surface area contributed by atoms with Gasteiger partial charge in [-0.05, 0) is 56.4 Å². The number of hydrogen-bond donors (Lipinski definition) is 2. The van der Waals surface area contributed by atoms with Gasteiger partial charge in [0.25, 0.3) is 0 Å². The zero-order valence-electron chi connectivity index (χ0n) is 15.1. The van der Waals surface area contributed by atoms with Crippen LogP contribution in [0.25, 0.3) is 11.1 Å². The lowest BCUT2D eigenvalue weighted by Crippen LogP contribution is -2.36. The summed E-state index contributed by atoms with van der Waals surface area (Å²) in [4.78, 5) is 14.7. The third-order valence-electron chi connectivity index (χ3n) is 4.63. The van der Waals surface area contributed by atoms with Crippen molar-refractivity contribution in [3.63, 3.8) is 0 Å². The van der Waals surface area contributed by atoms with Crippen LogP contribution in [0.1, 0.15) is 26.7 Å². The summed E-state index contributed by atoms with van der Waals surface area (Å²) in [6, 6.07) is 9.88. The van der Waals surface area contributed by atoms with Crippen molar-refractivity contribution >= 4 is 29.5 Å². The molecule has 26 heavy (non-hydrogen) atoms. The fraction of sp³-hybridized carbons (Fsp3) is 0.400. The predicted molar refractivity (Wildman–Crippen MR) is 106 cm³/mol. The number of halogens is 1. The largest absolute Gasteiger partial charge is 0.385 e. The monoisotopic (exact) mass is 373 g/mol. The van der Waals surface area contributed by atoms with Gasteiger partial charge < -0.3 is 15.4 Å². The van der Waals surface area contributed by atoms with Gasteiger partial charge in [-0.15, -0.1) is 0 Å². The molecule has 6 heteroatoms. The number of carbonyl (C=O) groups is 1. The molecule has 1 aliphatic rings. The number of ether oxygens (including phenoxy) is 1. The summed E-state index contributed by atoms with van der Waals surface area (Å²) < 4.78 is 5.79. The number of amides is 1. The van der Waals surface area contributed by atoms with Crippen molar-refractivity contribution in [3.05, 3.63) is 41.6 Å². The topological polar surface area (TPSA) is 63.2 Å². The molecule has 0 unspecified atom stereocenters. The van der Waals surface area contributed by atoms with Crippen LogP contribution in [-0.4, -0.2) is 30.1 Å². The first-order valence-electron chi connectivity index (χ1n) is 8.81. The van der Waals surface area contributed by atoms with Crippen molar-refractivity contribution < 1.29 is 9.53 Å². The SMILES string of the molecule is CC1(C)C[C@H](CNc2cccc(-c3cc(NC=O)ncc3Cl)c2)CCO1. The molecule has 2 heterocycles. The maximum Gasteiger partial charge on any atom is 0.212 e. The molecule has 3 rings (SSSR count). The van der Waals surface area contributed by atoms with E-state index >= 15 is 0 Å². The molecule has 0 saturated carbocycles. The van der Waals surface area contributed by atoms with Gasteiger partial charge in [-0.25, -0.2) is 4.98 Å². The molecule has 0 bridgehead atoms. The van der Waals surface area contributed by atoms with Gasteiger partial charge in [-0.1, -0.05) is 23.7 Å². The maximum absolute atomic E-state index is 10.6. The summed E-state index contributed by atoms with van der Waals surface area (Å²) in [5, 5.41) is 6.64. The highest BCUT2D eigenvalue weighted by molar-refractivity contribution is 6.33. The number of aromatic nitrogens is 1. The molecule has 2 aromatic rings. The first-order chi connectivity index (χ1) is 12.5. The quantitative estimate of drug-likeness (QED) is 0.727. The second-order valence-electron chi connectivity index (χ2n) is 7.24. The minimum absolute atomic E-state index is 0.0427. The van der Waals surface area contributed by atoms with E-state index < -0.39 is 0 Å². The molecule has 0 aliphatic carbocycles. The van der Waals surface area contributed by atoms with E-state index in [4.69, 9.17) is 16.3 Å². The fourth-order valence-corrected chi connectivity index (χ4v) is 3.60. The molecule has 1 amide bonds. The van der Waals surface area contributed by atoms with Crippen LogP contribution in [0.3, 0.4) is 0 Å². The minimum atomic E-state index is -0.0427. The van der Waals surface area contributed by atoms with E-state index in [1.807, 2.05) is 18.2 Å². The number of benzene rings is 1. The zero-order chi connectivity index (χ0) is 18.6. The van der Waals surface area contributed by atoms with Gasteiger partial charge in [0.15, 0.2) is 0 Å². The molecule has 5 nitrogen and oxygen atoms in total. The zero-order valence-corrected chi connectivity index (χ0v) is 15.8. The van der Waals surface area contributed by atoms with Crippen molar-refractivity contribution in [1.29, 1.82) is 0 Å². The first kappa shape index (κ1) is 18.7. The Morgan fingerprint density at radius 3 is 3.00 bits per heavy atom. The summed E-state index contributed by atoms with van der Waals surface area (Å²) in [6.07, 6.45) is 4.28. The van der Waals surface area contributed by atoms with E-state index in [0.29, 0.717) is 23.2 Å². The van der Waals surface area contributed by atoms with Gasteiger partial charge in [-0.3, -0.25) is 4.79 Å². The van der Waals surface area contributed by atoms with E-state index in [1.54, 1.807) is 12.3 Å². The lowest BCUT2D eigenvalue weighted by molar-refractivity contribution is -0.105. The normalized spacial score (nSPS) is 19.0. The summed E-state index contributed by atoms with van der Waals surface area (Å²) in [5.74, 6) is 1.07. The first-order valence-corrected chi connectivity index (χ1v) is 9.19. The molecule has 1 aromatic carbocycles. The van der Waals surface area contributed by atoms with Gasteiger partial charge in [-0.2, -0.15) is 0 Å². The van der Waals surface area contributed by atoms with Crippen LogP contribution in [0, 0.1) is 5.92 Å². The molecule has 2 N–H and O–H groups in total. The fourth-order valence-electron chi connectivity index (χ4n) is 3.39. The van der Waals surface area contributed by atoms with Crippen LogP contribution in [0.5, 0.6) is 0 Å². The molecule has 0 radical (unpaired) electrons. The molecule has 1 atom stereocenters. The minimum Gasteiger partial charge on any atom is -0.385 e. The van der Waals surface area contributed by atoms with Gasteiger partial charge in [0, 0.05) is 30.6 Å². The Kier molecular flexibility index (Phi) is 5.79. The number of rotatable bonds is 6. The van der Waals surface area contributed by atoms with Gasteiger partial charge >= 0.3 is 0 Å². The Morgan fingerprint density at radius 2 is 2.23 bits per heavy atom. The highest BCUT2D eigenvalue weighted by Gasteiger charge is 2.28. The van der Waals surface area contributed by atoms with E-state index in [9.17, 15) is 4.79 Å². The second-order valence-corrected chi connectivity index (χ2v) is 7.65. The predicted octanol–water partition coefficient (Wildman–Crippen LogP) is 4.59. The molecule has 0 spiro atoms. The molecule has 1 aromatic heterocycles. The molecule has 1 fully saturated rings. The summed E-state index contributed by atoms with van der Waals surface area (Å²) in [5.41, 5.74) is 2.81. The molecular formula is C20H24ClN3O2. The molecule has 1 saturated heterocycles. The number of hydrogen-bond acceptors (Lipinski definition) is 4. The van der Waals surface area contributed by atoms with Crippen molar-refractivity contribution in [2.45, 2.75) is 32.3 Å². The highest BCUT2D eigenvalue weighted by Crippen LogP contribution is 2.32. The van der Waals surface area contributed by atoms with Crippen molar-refractivity contribution in [2.75, 3.05) is 23.8 Å². The van der Waals surface area contributed by atoms with Crippen LogP contribution < -0.4 is 10.6 Å². The lowest BCUT2D eigenvalue weighted by Gasteiger charge is -2.35. The third kappa shape index (κ3) is 4.74. The average molecular weight is 374 g/mol. The van der Waals surface area contributed by atoms with Crippen LogP contribution in [0.15, 0.2) is 36.5 Å². The average Bonchev–Trinajstić information content (AvgIpc) is 2.61. The van der Waals surface area contributed by atoms with Crippen molar-refractivity contribution in [2.24, 2.45) is 5.92 Å². The standard InChI is InChI=1S/C20H24ClN3O2/c1-20(2)10-14(6-7-26-20)11-22-16-5-3-4-15(8-16)17-9-19(24-13-25)23-12-18(17)21/h3-5,8-9,12-14,22H,6-7,10-11H2,1-2H3,(H,23,24,25)/t14-/m1/s1. The van der Waals surface area contributed by atoms with Gasteiger partial charge in [0.1, 0.15) is 5.82 Å². The molecule has 1 aliphatic heterocycles. The smallest absolute Gasteiger partial charge is 0.212 e. The van der Waals surface area contributed by atoms with Crippen LogP contribution in [0.4, 0.5) is 11.5 Å². The Morgan fingerprint density at radius 1 is 1.38 bits per heavy atom. The Bertz CT molecular complexity index is 779. The van der Waals surface area contributed by atoms with E-state index in [2.05, 4.69) is 35.5 Å². The van der Waals surface area contributed by atoms with E-state index in [1.165, 1.54) is 0 Å². The van der Waals surface area contributed by atoms with Crippen LogP contribution in [0.2, 0.25) is 5.02 Å². The number of carbonyl (C=O) groups excluding carboxylic acids is 1. The number of anilines is 2. The third-order valence-corrected chi connectivity index (χ3v) is 4.93. The second kappa shape index (κ2) is 8.06. The van der Waals surface area contributed by atoms with Gasteiger partial charge in [0.05, 0.1) is 10.6 Å². The van der Waals surface area contributed by atoms with Crippen molar-refractivity contribution in [3.8, 4) is 11.1 Å². The summed E-state index contributed by atoms with van der Waals surface area (Å²) in [7, 11) is 0. The number of pyridine rings is 1. The molecular weight excluding hydrogens is 350 g/mol. The van der Waals surface area contributed by atoms with Crippen LogP contribution >= 0.6 is 11.6 Å². The van der Waals surface area contributed by atoms with Crippen LogP contribution in [-0.2, 0) is 9.53 Å². The van der Waals surface area contributed by atoms with Gasteiger partial charge in [0.2, 0.25) is 6.41 Å². The maximum atomic E-state index is 10.6. The highest BCUT2D eigenvalue weighted by atomic mass is 35.5. The summed E-state index contributed by atoms with van der Waals surface area (Å²) >= 11 is 6.30. The van der Waals surface area contributed by atoms with E-state index in [-0.39, 0.29) is 5.60 Å². The summed E-state index contributed by atoms with van der Waals surface area (Å²) in [6.45, 7) is 6.03. The molecule has 138 valence electrons. The Balaban J connectivity index is 1.72. The Hall–Kier alpha value is -2.11. The lowest BCUT2D eigenvalue weighted by atomic mass is 9.88. The van der Waals surface area contributed by atoms with Crippen molar-refractivity contribution in [1.82, 2.24) is 4.98 Å². The number of nitrogens with one attached hydrogen (secondary N) is 2. The van der Waals surface area contributed by atoms with E-state index in [0.717, 1.165) is 42.8 Å².